The third-order valence-corrected chi connectivity index (χ3v) is 4.50. The molecule has 0 saturated carbocycles. The van der Waals surface area contributed by atoms with Crippen molar-refractivity contribution in [3.63, 3.8) is 0 Å². The van der Waals surface area contributed by atoms with Crippen LogP contribution in [0.25, 0.3) is 0 Å². The molecular formula is C19H32N4O. The van der Waals surface area contributed by atoms with Crippen LogP contribution in [0, 0.1) is 0 Å². The highest BCUT2D eigenvalue weighted by molar-refractivity contribution is 5.79. The molecule has 5 nitrogen and oxygen atoms in total. The number of hydrogen-bond donors (Lipinski definition) is 2. The monoisotopic (exact) mass is 332 g/mol. The van der Waals surface area contributed by atoms with E-state index in [1.807, 2.05) is 7.05 Å². The fraction of sp³-hybridized carbons (Fsp3) is 0.632. The molecule has 2 rings (SSSR count). The van der Waals surface area contributed by atoms with Gasteiger partial charge in [0.05, 0.1) is 6.10 Å². The molecule has 1 aromatic rings. The minimum Gasteiger partial charge on any atom is -0.376 e. The van der Waals surface area contributed by atoms with E-state index in [0.29, 0.717) is 6.10 Å². The summed E-state index contributed by atoms with van der Waals surface area (Å²) < 4.78 is 5.63. The molecule has 1 saturated heterocycles. The summed E-state index contributed by atoms with van der Waals surface area (Å²) in [6, 6.07) is 8.77. The lowest BCUT2D eigenvalue weighted by Crippen LogP contribution is -2.40. The Balaban J connectivity index is 1.81. The first kappa shape index (κ1) is 18.7. The first-order valence-electron chi connectivity index (χ1n) is 9.11. The fourth-order valence-corrected chi connectivity index (χ4v) is 2.97. The molecule has 0 aliphatic carbocycles. The standard InChI is InChI=1S/C19H32N4O/c1-4-23(5-2)15-17-9-6-8-16(12-17)13-21-19(20-3)22-14-18-10-7-11-24-18/h6,8-9,12,18H,4-5,7,10-11,13-15H2,1-3H3,(H2,20,21,22). The highest BCUT2D eigenvalue weighted by atomic mass is 16.5. The molecule has 1 aliphatic heterocycles. The van der Waals surface area contributed by atoms with Crippen molar-refractivity contribution in [3.8, 4) is 0 Å². The average Bonchev–Trinajstić information content (AvgIpc) is 3.13. The number of guanidine groups is 1. The van der Waals surface area contributed by atoms with Crippen LogP contribution in [0.1, 0.15) is 37.8 Å². The highest BCUT2D eigenvalue weighted by Gasteiger charge is 2.15. The van der Waals surface area contributed by atoms with E-state index in [2.05, 4.69) is 58.6 Å². The number of benzene rings is 1. The first-order chi connectivity index (χ1) is 11.7. The van der Waals surface area contributed by atoms with Gasteiger partial charge in [-0.2, -0.15) is 0 Å². The molecule has 2 N–H and O–H groups in total. The van der Waals surface area contributed by atoms with Gasteiger partial charge in [-0.15, -0.1) is 0 Å². The van der Waals surface area contributed by atoms with Gasteiger partial charge in [0, 0.05) is 33.3 Å². The Hall–Kier alpha value is -1.59. The predicted octanol–water partition coefficient (Wildman–Crippen LogP) is 2.37. The molecule has 134 valence electrons. The van der Waals surface area contributed by atoms with Gasteiger partial charge in [0.1, 0.15) is 0 Å². The number of rotatable bonds is 8. The maximum atomic E-state index is 5.63. The van der Waals surface area contributed by atoms with Crippen LogP contribution in [0.2, 0.25) is 0 Å². The summed E-state index contributed by atoms with van der Waals surface area (Å²) >= 11 is 0. The molecule has 0 amide bonds. The van der Waals surface area contributed by atoms with E-state index in [1.165, 1.54) is 11.1 Å². The molecule has 0 aromatic heterocycles. The normalized spacial score (nSPS) is 18.2. The molecule has 1 heterocycles. The number of aliphatic imine (C=N–C) groups is 1. The van der Waals surface area contributed by atoms with Crippen molar-refractivity contribution in [1.82, 2.24) is 15.5 Å². The first-order valence-corrected chi connectivity index (χ1v) is 9.11. The zero-order valence-corrected chi connectivity index (χ0v) is 15.3. The van der Waals surface area contributed by atoms with Gasteiger partial charge >= 0.3 is 0 Å². The van der Waals surface area contributed by atoms with Gasteiger partial charge in [0.2, 0.25) is 0 Å². The third kappa shape index (κ3) is 6.13. The summed E-state index contributed by atoms with van der Waals surface area (Å²) in [7, 11) is 1.81. The average molecular weight is 332 g/mol. The molecule has 1 atom stereocenters. The Morgan fingerprint density at radius 1 is 1.25 bits per heavy atom. The van der Waals surface area contributed by atoms with Crippen LogP contribution in [0.4, 0.5) is 0 Å². The Labute approximate surface area is 146 Å². The summed E-state index contributed by atoms with van der Waals surface area (Å²) in [4.78, 5) is 6.72. The zero-order valence-electron chi connectivity index (χ0n) is 15.3. The van der Waals surface area contributed by atoms with Crippen LogP contribution >= 0.6 is 0 Å². The molecule has 0 spiro atoms. The second-order valence-corrected chi connectivity index (χ2v) is 6.22. The third-order valence-electron chi connectivity index (χ3n) is 4.50. The van der Waals surface area contributed by atoms with Crippen LogP contribution in [-0.4, -0.2) is 50.3 Å². The number of hydrogen-bond acceptors (Lipinski definition) is 3. The van der Waals surface area contributed by atoms with Crippen molar-refractivity contribution in [2.45, 2.75) is 45.9 Å². The van der Waals surface area contributed by atoms with Crippen molar-refractivity contribution in [2.75, 3.05) is 33.3 Å². The Morgan fingerprint density at radius 3 is 2.71 bits per heavy atom. The van der Waals surface area contributed by atoms with Gasteiger partial charge in [0.25, 0.3) is 0 Å². The van der Waals surface area contributed by atoms with Gasteiger partial charge < -0.3 is 15.4 Å². The Bertz CT molecular complexity index is 508. The quantitative estimate of drug-likeness (QED) is 0.567. The van der Waals surface area contributed by atoms with E-state index in [0.717, 1.165) is 58.1 Å². The number of nitrogens with zero attached hydrogens (tertiary/aromatic N) is 2. The van der Waals surface area contributed by atoms with Crippen molar-refractivity contribution in [3.05, 3.63) is 35.4 Å². The molecule has 0 radical (unpaired) electrons. The molecule has 1 aliphatic rings. The van der Waals surface area contributed by atoms with Crippen molar-refractivity contribution >= 4 is 5.96 Å². The van der Waals surface area contributed by atoms with Crippen molar-refractivity contribution in [2.24, 2.45) is 4.99 Å². The SMILES string of the molecule is CCN(CC)Cc1cccc(CNC(=NC)NCC2CCCO2)c1. The van der Waals surface area contributed by atoms with E-state index in [-0.39, 0.29) is 0 Å². The van der Waals surface area contributed by atoms with Gasteiger partial charge in [-0.3, -0.25) is 9.89 Å². The molecule has 1 aromatic carbocycles. The zero-order chi connectivity index (χ0) is 17.2. The lowest BCUT2D eigenvalue weighted by atomic mass is 10.1. The van der Waals surface area contributed by atoms with Gasteiger partial charge in [-0.05, 0) is 37.1 Å². The van der Waals surface area contributed by atoms with E-state index in [1.54, 1.807) is 0 Å². The smallest absolute Gasteiger partial charge is 0.191 e. The van der Waals surface area contributed by atoms with E-state index in [9.17, 15) is 0 Å². The fourth-order valence-electron chi connectivity index (χ4n) is 2.97. The van der Waals surface area contributed by atoms with E-state index in [4.69, 9.17) is 4.74 Å². The van der Waals surface area contributed by atoms with Crippen molar-refractivity contribution in [1.29, 1.82) is 0 Å². The van der Waals surface area contributed by atoms with E-state index < -0.39 is 0 Å². The Morgan fingerprint density at radius 2 is 2.04 bits per heavy atom. The second kappa shape index (κ2) is 10.3. The predicted molar refractivity (Wildman–Crippen MR) is 100 cm³/mol. The summed E-state index contributed by atoms with van der Waals surface area (Å²) in [6.07, 6.45) is 2.62. The van der Waals surface area contributed by atoms with Gasteiger partial charge in [-0.25, -0.2) is 0 Å². The minimum absolute atomic E-state index is 0.320. The number of nitrogens with one attached hydrogen (secondary N) is 2. The summed E-state index contributed by atoms with van der Waals surface area (Å²) in [5.41, 5.74) is 2.64. The summed E-state index contributed by atoms with van der Waals surface area (Å²) in [5.74, 6) is 0.833. The Kier molecular flexibility index (Phi) is 8.05. The molecular weight excluding hydrogens is 300 g/mol. The maximum absolute atomic E-state index is 5.63. The van der Waals surface area contributed by atoms with Crippen LogP contribution in [0.15, 0.2) is 29.3 Å². The lowest BCUT2D eigenvalue weighted by molar-refractivity contribution is 0.114. The van der Waals surface area contributed by atoms with Crippen LogP contribution < -0.4 is 10.6 Å². The van der Waals surface area contributed by atoms with Gasteiger partial charge in [0.15, 0.2) is 5.96 Å². The minimum atomic E-state index is 0.320. The van der Waals surface area contributed by atoms with Gasteiger partial charge in [-0.1, -0.05) is 38.1 Å². The topological polar surface area (TPSA) is 48.9 Å². The van der Waals surface area contributed by atoms with Crippen LogP contribution in [0.3, 0.4) is 0 Å². The summed E-state index contributed by atoms with van der Waals surface area (Å²) in [5, 5.41) is 6.74. The molecule has 1 unspecified atom stereocenters. The largest absolute Gasteiger partial charge is 0.376 e. The van der Waals surface area contributed by atoms with Crippen LogP contribution in [-0.2, 0) is 17.8 Å². The molecule has 24 heavy (non-hydrogen) atoms. The summed E-state index contributed by atoms with van der Waals surface area (Å²) in [6.45, 7) is 10.1. The van der Waals surface area contributed by atoms with E-state index >= 15 is 0 Å². The number of ether oxygens (including phenoxy) is 1. The molecule has 0 bridgehead atoms. The second-order valence-electron chi connectivity index (χ2n) is 6.22. The lowest BCUT2D eigenvalue weighted by Gasteiger charge is -2.19. The molecule has 1 fully saturated rings. The maximum Gasteiger partial charge on any atom is 0.191 e. The van der Waals surface area contributed by atoms with Crippen molar-refractivity contribution < 1.29 is 4.74 Å². The van der Waals surface area contributed by atoms with Crippen LogP contribution in [0.5, 0.6) is 0 Å². The highest BCUT2D eigenvalue weighted by Crippen LogP contribution is 2.11. The molecule has 5 heteroatoms.